The molecule has 4 bridgehead atoms. The lowest BCUT2D eigenvalue weighted by Crippen LogP contribution is -2.41. The van der Waals surface area contributed by atoms with Crippen LogP contribution in [0.4, 0.5) is 8.78 Å². The number of aliphatic hydroxyl groups excluding tert-OH is 3. The summed E-state index contributed by atoms with van der Waals surface area (Å²) in [6.45, 7) is 9.71. The Balaban J connectivity index is 0.000000193. The van der Waals surface area contributed by atoms with Crippen LogP contribution in [0.5, 0.6) is 0 Å². The minimum absolute atomic E-state index is 0.0169. The first kappa shape index (κ1) is 72.8. The third kappa shape index (κ3) is 26.5. The van der Waals surface area contributed by atoms with Gasteiger partial charge in [0.25, 0.3) is 0 Å². The Bertz CT molecular complexity index is 1930. The molecule has 20 atom stereocenters. The molecule has 0 aromatic rings. The number of esters is 5. The van der Waals surface area contributed by atoms with Crippen LogP contribution in [0.1, 0.15) is 194 Å². The molecule has 0 aromatic heterocycles. The molecular formula is C61H103F2O20P2S+. The van der Waals surface area contributed by atoms with Crippen LogP contribution >= 0.6 is 15.9 Å². The zero-order chi connectivity index (χ0) is 63.1. The van der Waals surface area contributed by atoms with Gasteiger partial charge in [-0.2, -0.15) is 0 Å². The van der Waals surface area contributed by atoms with E-state index in [1.165, 1.54) is 25.7 Å². The van der Waals surface area contributed by atoms with Gasteiger partial charge in [-0.1, -0.05) is 0 Å². The summed E-state index contributed by atoms with van der Waals surface area (Å²) in [6, 6.07) is 0. The second-order valence-corrected chi connectivity index (χ2v) is 26.4. The van der Waals surface area contributed by atoms with E-state index >= 15 is 0 Å². The highest BCUT2D eigenvalue weighted by Crippen LogP contribution is 2.38. The van der Waals surface area contributed by atoms with Gasteiger partial charge in [-0.05, 0) is 181 Å². The fraction of sp³-hybridized carbons (Fsp3) is 0.918. The second kappa shape index (κ2) is 42.0. The van der Waals surface area contributed by atoms with Crippen molar-refractivity contribution in [2.24, 2.45) is 29.6 Å². The highest BCUT2D eigenvalue weighted by atomic mass is 32.6. The van der Waals surface area contributed by atoms with Crippen LogP contribution in [-0.4, -0.2) is 179 Å². The number of halogens is 2. The molecule has 6 saturated heterocycles. The van der Waals surface area contributed by atoms with E-state index in [1.54, 1.807) is 20.8 Å². The molecular weight excluding hydrogens is 1180 g/mol. The molecule has 7 unspecified atom stereocenters. The van der Waals surface area contributed by atoms with E-state index in [2.05, 4.69) is 20.7 Å². The Morgan fingerprint density at radius 2 is 0.895 bits per heavy atom. The van der Waals surface area contributed by atoms with E-state index in [0.29, 0.717) is 71.4 Å². The lowest BCUT2D eigenvalue weighted by Gasteiger charge is -2.35. The Morgan fingerprint density at radius 1 is 0.500 bits per heavy atom. The standard InChI is InChI=1S/C14H23FO4.C14H24O5.C12H18O4.C9H15FO3.C7H10O3.C5H10O.H2P2S/c2*1-2-17-14(16)10-6-7-12(11(15)9-10)19-13-5-3-4-8-18-13;13-12-8-4-5-9(10(7-8)16-12)15-11-3-1-2-6-14-11;1-2-13-9(12)6-3-4-8(11)7(10)5-6;8-5-2-1-4-3-6(5)10-7(4)9;1-2-4-6-5-3-1;1-2-3/h10-13H,2-9H2,1H3;10-13,15H,2-9H2,1H3;8-11H,1-7H2;6-8,11H,2-5H2,1H3;4-6,8H,1-3H2;1-5H2;1H2/p+1/t10-,11?,12-,13?;10-,11-,12-,13?;8-,9-,10-,11?;6-,7?,8-;4-,5-,6-;;/m00000../s1/i/hT. The van der Waals surface area contributed by atoms with Crippen molar-refractivity contribution >= 4 is 57.6 Å². The highest BCUT2D eigenvalue weighted by molar-refractivity contribution is 8.24. The molecule has 20 nitrogen and oxygen atoms in total. The number of hydrogen-bond acceptors (Lipinski definition) is 21. The number of fused-ring (bicyclic) bond motifs is 4. The number of carbonyl (C=O) groups is 5. The molecule has 11 fully saturated rings. The quantitative estimate of drug-likeness (QED) is 0.0935. The second-order valence-electron chi connectivity index (χ2n) is 23.7. The molecule has 25 heteroatoms. The van der Waals surface area contributed by atoms with E-state index in [4.69, 9.17) is 63.2 Å². The SMILES string of the molecule is C1CCOCC1.CCOC(=O)[C@H]1CC[C@H](O)C(F)C1.CCOC(=O)[C@H]1CC[C@H](OC2CCCCO2)C(F)C1.CCOC(=O)[C@H]1CC[C@H](OC2CCCCO2)[C@@H](O)C1.O=C1O[C@H]2C[C@@H]1CC[C@@H]2O.O=C1O[C@H]2C[C@@H]1CC[C@@H]2OC1CCCCO1.[3H][P+](P)=S. The lowest BCUT2D eigenvalue weighted by atomic mass is 9.85. The summed E-state index contributed by atoms with van der Waals surface area (Å²) in [7, 11) is 2.20. The average Bonchev–Trinajstić information content (AvgIpc) is 3.82. The third-order valence-corrected chi connectivity index (χ3v) is 17.2. The van der Waals surface area contributed by atoms with Gasteiger partial charge < -0.3 is 72.2 Å². The number of hydrogen-bond donors (Lipinski definition) is 3. The number of aliphatic hydroxyl groups is 3. The Morgan fingerprint density at radius 3 is 1.31 bits per heavy atom. The molecule has 5 saturated carbocycles. The fourth-order valence-corrected chi connectivity index (χ4v) is 12.3. The first-order chi connectivity index (χ1) is 41.9. The van der Waals surface area contributed by atoms with Crippen molar-refractivity contribution in [3.8, 4) is 0 Å². The number of rotatable bonds is 12. The Kier molecular flexibility index (Phi) is 35.6. The zero-order valence-electron chi connectivity index (χ0n) is 52.1. The topological polar surface area (TPSA) is 257 Å². The maximum Gasteiger partial charge on any atom is 0.355 e. The Labute approximate surface area is 518 Å². The van der Waals surface area contributed by atoms with Gasteiger partial charge in [0, 0.05) is 45.9 Å². The molecule has 6 heterocycles. The van der Waals surface area contributed by atoms with E-state index in [1.807, 2.05) is 0 Å². The van der Waals surface area contributed by atoms with Gasteiger partial charge in [0.05, 0.1) is 95.0 Å². The summed E-state index contributed by atoms with van der Waals surface area (Å²) in [5.74, 6) is -1.60. The van der Waals surface area contributed by atoms with Crippen LogP contribution in [0.2, 0.25) is 0 Å². The summed E-state index contributed by atoms with van der Waals surface area (Å²) in [4.78, 5) is 56.7. The van der Waals surface area contributed by atoms with Gasteiger partial charge in [0.2, 0.25) is 0 Å². The van der Waals surface area contributed by atoms with Gasteiger partial charge >= 0.3 is 31.1 Å². The zero-order valence-corrected chi connectivity index (χ0v) is 54.0. The minimum atomic E-state index is -1.27. The number of carbonyl (C=O) groups excluding carboxylic acids is 5. The normalized spacial score (nSPS) is 36.5. The van der Waals surface area contributed by atoms with Gasteiger partial charge in [0.15, 0.2) is 37.7 Å². The number of alkyl halides is 2. The molecule has 86 heavy (non-hydrogen) atoms. The predicted octanol–water partition coefficient (Wildman–Crippen LogP) is 9.07. The first-order valence-corrected chi connectivity index (χ1v) is 35.7. The molecule has 3 N–H and O–H groups in total. The smallest absolute Gasteiger partial charge is 0.355 e. The third-order valence-electron chi connectivity index (χ3n) is 17.2. The Hall–Kier alpha value is -2.24. The maximum absolute atomic E-state index is 14.1. The van der Waals surface area contributed by atoms with Crippen LogP contribution < -0.4 is 0 Å². The molecule has 11 rings (SSSR count). The molecule has 0 amide bonds. The lowest BCUT2D eigenvalue weighted by molar-refractivity contribution is -0.216. The van der Waals surface area contributed by atoms with Crippen LogP contribution in [0, 0.1) is 29.6 Å². The van der Waals surface area contributed by atoms with Crippen molar-refractivity contribution in [2.75, 3.05) is 52.9 Å². The van der Waals surface area contributed by atoms with Gasteiger partial charge in [-0.3, -0.25) is 24.0 Å². The largest absolute Gasteiger partial charge is 0.466 e. The monoisotopic (exact) mass is 1290 g/mol. The van der Waals surface area contributed by atoms with Crippen molar-refractivity contribution < 1.29 is 105 Å². The van der Waals surface area contributed by atoms with Crippen LogP contribution in [0.25, 0.3) is 0 Å². The van der Waals surface area contributed by atoms with Crippen molar-refractivity contribution in [1.29, 1.82) is 1.28 Å². The predicted molar refractivity (Wildman–Crippen MR) is 320 cm³/mol. The van der Waals surface area contributed by atoms with E-state index in [9.17, 15) is 43.0 Å². The average molecular weight is 1290 g/mol. The van der Waals surface area contributed by atoms with Crippen molar-refractivity contribution in [3.63, 3.8) is 0 Å². The van der Waals surface area contributed by atoms with Gasteiger partial charge in [0.1, 0.15) is 24.6 Å². The molecule has 0 aromatic carbocycles. The fourth-order valence-electron chi connectivity index (χ4n) is 12.3. The van der Waals surface area contributed by atoms with Gasteiger partial charge in [-0.25, -0.2) is 8.78 Å². The maximum atomic E-state index is 14.1. The van der Waals surface area contributed by atoms with Crippen LogP contribution in [-0.2, 0) is 92.6 Å². The first-order valence-electron chi connectivity index (χ1n) is 32.7. The number of ether oxygens (including phenoxy) is 12. The van der Waals surface area contributed by atoms with E-state index in [-0.39, 0.29) is 116 Å². The van der Waals surface area contributed by atoms with Crippen molar-refractivity contribution in [2.45, 2.75) is 274 Å². The molecule has 11 aliphatic rings. The molecule has 0 radical (unpaired) electrons. The van der Waals surface area contributed by atoms with Crippen molar-refractivity contribution in [3.05, 3.63) is 0 Å². The van der Waals surface area contributed by atoms with Crippen LogP contribution in [0.15, 0.2) is 0 Å². The molecule has 5 aliphatic carbocycles. The summed E-state index contributed by atoms with van der Waals surface area (Å²) in [6.07, 6.45) is 16.8. The van der Waals surface area contributed by atoms with Gasteiger partial charge in [-0.15, -0.1) is 0 Å². The molecule has 496 valence electrons. The summed E-state index contributed by atoms with van der Waals surface area (Å²) in [5, 5.41) is 28.4. The summed E-state index contributed by atoms with van der Waals surface area (Å²) in [5.41, 5.74) is 0. The van der Waals surface area contributed by atoms with Crippen molar-refractivity contribution in [1.82, 2.24) is 0 Å². The van der Waals surface area contributed by atoms with E-state index < -0.39 is 43.7 Å². The summed E-state index contributed by atoms with van der Waals surface area (Å²) < 4.78 is 97.4. The van der Waals surface area contributed by atoms with E-state index in [0.717, 1.165) is 116 Å². The van der Waals surface area contributed by atoms with Crippen LogP contribution in [0.3, 0.4) is 0 Å². The minimum Gasteiger partial charge on any atom is -0.466 e. The molecule has 6 aliphatic heterocycles. The summed E-state index contributed by atoms with van der Waals surface area (Å²) >= 11 is 4.31. The molecule has 0 spiro atoms. The highest BCUT2D eigenvalue weighted by Gasteiger charge is 2.46.